The zero-order valence-corrected chi connectivity index (χ0v) is 11.3. The Bertz CT molecular complexity index is 784. The van der Waals surface area contributed by atoms with E-state index in [4.69, 9.17) is 4.74 Å². The number of aromatic carboxylic acids is 1. The molecule has 0 spiro atoms. The summed E-state index contributed by atoms with van der Waals surface area (Å²) in [5.41, 5.74) is 3.72. The Kier molecular flexibility index (Phi) is 3.08. The number of aromatic nitrogens is 2. The maximum atomic E-state index is 11.4. The lowest BCUT2D eigenvalue weighted by Gasteiger charge is -2.07. The van der Waals surface area contributed by atoms with Crippen molar-refractivity contribution >= 4 is 28.2 Å². The highest BCUT2D eigenvalue weighted by Crippen LogP contribution is 2.27. The number of carboxylic acids is 1. The molecule has 0 unspecified atom stereocenters. The number of fused-ring (bicyclic) bond motifs is 1. The topological polar surface area (TPSA) is 72.3 Å². The van der Waals surface area contributed by atoms with Crippen LogP contribution in [0.4, 0.5) is 0 Å². The molecule has 0 aliphatic heterocycles. The number of methoxy groups -OCH3 is 1. The highest BCUT2D eigenvalue weighted by Gasteiger charge is 2.14. The van der Waals surface area contributed by atoms with Gasteiger partial charge in [-0.25, -0.2) is 14.8 Å². The van der Waals surface area contributed by atoms with Crippen molar-refractivity contribution < 1.29 is 14.6 Å². The van der Waals surface area contributed by atoms with Gasteiger partial charge in [-0.1, -0.05) is 0 Å². The SMILES string of the molecule is COc1ccc2nc(-c3cscn3)cc(C(=O)O)c2c1. The van der Waals surface area contributed by atoms with Crippen molar-refractivity contribution in [3.63, 3.8) is 0 Å². The molecule has 0 atom stereocenters. The van der Waals surface area contributed by atoms with Gasteiger partial charge in [0.2, 0.25) is 0 Å². The van der Waals surface area contributed by atoms with Crippen LogP contribution in [0.3, 0.4) is 0 Å². The molecule has 2 heterocycles. The first-order chi connectivity index (χ1) is 9.69. The molecule has 5 nitrogen and oxygen atoms in total. The Morgan fingerprint density at radius 1 is 1.30 bits per heavy atom. The van der Waals surface area contributed by atoms with Gasteiger partial charge >= 0.3 is 5.97 Å². The summed E-state index contributed by atoms with van der Waals surface area (Å²) in [7, 11) is 1.54. The number of rotatable bonds is 3. The quantitative estimate of drug-likeness (QED) is 0.801. The smallest absolute Gasteiger partial charge is 0.336 e. The van der Waals surface area contributed by atoms with Crippen molar-refractivity contribution in [2.75, 3.05) is 7.11 Å². The fourth-order valence-corrected chi connectivity index (χ4v) is 2.52. The summed E-state index contributed by atoms with van der Waals surface area (Å²) in [6, 6.07) is 6.72. The second-order valence-corrected chi connectivity index (χ2v) is 4.84. The normalized spacial score (nSPS) is 10.7. The first kappa shape index (κ1) is 12.6. The standard InChI is InChI=1S/C14H10N2O3S/c1-19-8-2-3-11-9(4-8)10(14(17)18)5-12(16-11)13-6-20-7-15-13/h2-7H,1H3,(H,17,18). The van der Waals surface area contributed by atoms with Gasteiger partial charge < -0.3 is 9.84 Å². The minimum Gasteiger partial charge on any atom is -0.497 e. The summed E-state index contributed by atoms with van der Waals surface area (Å²) in [4.78, 5) is 20.1. The lowest BCUT2D eigenvalue weighted by molar-refractivity contribution is 0.0699. The molecule has 20 heavy (non-hydrogen) atoms. The molecule has 6 heteroatoms. The Morgan fingerprint density at radius 3 is 2.80 bits per heavy atom. The average molecular weight is 286 g/mol. The van der Waals surface area contributed by atoms with Crippen LogP contribution in [0.2, 0.25) is 0 Å². The van der Waals surface area contributed by atoms with Gasteiger partial charge in [0.05, 0.1) is 35.1 Å². The highest BCUT2D eigenvalue weighted by molar-refractivity contribution is 7.07. The molecular weight excluding hydrogens is 276 g/mol. The fraction of sp³-hybridized carbons (Fsp3) is 0.0714. The van der Waals surface area contributed by atoms with Gasteiger partial charge in [-0.15, -0.1) is 11.3 Å². The first-order valence-electron chi connectivity index (χ1n) is 5.79. The maximum absolute atomic E-state index is 11.4. The van der Waals surface area contributed by atoms with Crippen LogP contribution in [0.15, 0.2) is 35.2 Å². The van der Waals surface area contributed by atoms with E-state index < -0.39 is 5.97 Å². The summed E-state index contributed by atoms with van der Waals surface area (Å²) in [5.74, 6) is -0.398. The van der Waals surface area contributed by atoms with Gasteiger partial charge in [0.1, 0.15) is 5.75 Å². The van der Waals surface area contributed by atoms with Gasteiger partial charge in [0, 0.05) is 10.8 Å². The zero-order chi connectivity index (χ0) is 14.1. The van der Waals surface area contributed by atoms with Gasteiger partial charge in [0.25, 0.3) is 0 Å². The number of hydrogen-bond donors (Lipinski definition) is 1. The second kappa shape index (κ2) is 4.90. The summed E-state index contributed by atoms with van der Waals surface area (Å²) >= 11 is 1.44. The van der Waals surface area contributed by atoms with Crippen molar-refractivity contribution in [3.8, 4) is 17.1 Å². The van der Waals surface area contributed by atoms with E-state index in [1.54, 1.807) is 36.9 Å². The predicted octanol–water partition coefficient (Wildman–Crippen LogP) is 3.07. The molecule has 100 valence electrons. The molecule has 1 aromatic carbocycles. The lowest BCUT2D eigenvalue weighted by Crippen LogP contribution is -2.00. The highest BCUT2D eigenvalue weighted by atomic mass is 32.1. The Hall–Kier alpha value is -2.47. The second-order valence-electron chi connectivity index (χ2n) is 4.12. The van der Waals surface area contributed by atoms with E-state index >= 15 is 0 Å². The van der Waals surface area contributed by atoms with Gasteiger partial charge in [-0.3, -0.25) is 0 Å². The van der Waals surface area contributed by atoms with Crippen LogP contribution in [0.1, 0.15) is 10.4 Å². The molecule has 1 N–H and O–H groups in total. The van der Waals surface area contributed by atoms with Crippen LogP contribution in [-0.4, -0.2) is 28.2 Å². The number of thiazole rings is 1. The number of pyridine rings is 1. The number of carbonyl (C=O) groups is 1. The summed E-state index contributed by atoms with van der Waals surface area (Å²) in [5, 5.41) is 11.8. The van der Waals surface area contributed by atoms with E-state index in [0.717, 1.165) is 0 Å². The van der Waals surface area contributed by atoms with E-state index in [1.165, 1.54) is 11.3 Å². The summed E-state index contributed by atoms with van der Waals surface area (Å²) < 4.78 is 5.13. The van der Waals surface area contributed by atoms with Gasteiger partial charge in [-0.05, 0) is 24.3 Å². The van der Waals surface area contributed by atoms with Crippen LogP contribution >= 0.6 is 11.3 Å². The summed E-state index contributed by atoms with van der Waals surface area (Å²) in [6.07, 6.45) is 0. The average Bonchev–Trinajstić information content (AvgIpc) is 2.99. The lowest BCUT2D eigenvalue weighted by atomic mass is 10.1. The molecule has 0 saturated carbocycles. The van der Waals surface area contributed by atoms with E-state index in [0.29, 0.717) is 28.0 Å². The third-order valence-electron chi connectivity index (χ3n) is 2.94. The number of ether oxygens (including phenoxy) is 1. The minimum atomic E-state index is -0.998. The maximum Gasteiger partial charge on any atom is 0.336 e. The largest absolute Gasteiger partial charge is 0.497 e. The molecule has 2 aromatic heterocycles. The zero-order valence-electron chi connectivity index (χ0n) is 10.5. The van der Waals surface area contributed by atoms with Crippen LogP contribution in [-0.2, 0) is 0 Å². The Balaban J connectivity index is 2.30. The molecule has 0 aliphatic rings. The van der Waals surface area contributed by atoms with Crippen molar-refractivity contribution in [2.24, 2.45) is 0 Å². The van der Waals surface area contributed by atoms with E-state index in [-0.39, 0.29) is 5.56 Å². The third-order valence-corrected chi connectivity index (χ3v) is 3.53. The van der Waals surface area contributed by atoms with Crippen LogP contribution in [0, 0.1) is 0 Å². The van der Waals surface area contributed by atoms with E-state index in [2.05, 4.69) is 9.97 Å². The Morgan fingerprint density at radius 2 is 2.15 bits per heavy atom. The monoisotopic (exact) mass is 286 g/mol. The van der Waals surface area contributed by atoms with Crippen LogP contribution in [0.5, 0.6) is 5.75 Å². The fourth-order valence-electron chi connectivity index (χ4n) is 1.98. The van der Waals surface area contributed by atoms with Crippen molar-refractivity contribution in [1.82, 2.24) is 9.97 Å². The molecule has 0 saturated heterocycles. The van der Waals surface area contributed by atoms with E-state index in [1.807, 2.05) is 5.38 Å². The number of carboxylic acid groups (broad SMARTS) is 1. The number of benzene rings is 1. The molecule has 0 aliphatic carbocycles. The molecule has 0 amide bonds. The van der Waals surface area contributed by atoms with Crippen LogP contribution in [0.25, 0.3) is 22.3 Å². The van der Waals surface area contributed by atoms with E-state index in [9.17, 15) is 9.90 Å². The van der Waals surface area contributed by atoms with Gasteiger partial charge in [0.15, 0.2) is 0 Å². The molecule has 0 radical (unpaired) electrons. The Labute approximate surface area is 118 Å². The predicted molar refractivity (Wildman–Crippen MR) is 76.4 cm³/mol. The van der Waals surface area contributed by atoms with Gasteiger partial charge in [-0.2, -0.15) is 0 Å². The van der Waals surface area contributed by atoms with Crippen molar-refractivity contribution in [2.45, 2.75) is 0 Å². The van der Waals surface area contributed by atoms with Crippen molar-refractivity contribution in [3.05, 3.63) is 40.7 Å². The molecule has 0 bridgehead atoms. The molecule has 3 aromatic rings. The number of hydrogen-bond acceptors (Lipinski definition) is 5. The first-order valence-corrected chi connectivity index (χ1v) is 6.74. The number of nitrogens with zero attached hydrogens (tertiary/aromatic N) is 2. The molecule has 3 rings (SSSR count). The van der Waals surface area contributed by atoms with Crippen LogP contribution < -0.4 is 4.74 Å². The third kappa shape index (κ3) is 2.10. The van der Waals surface area contributed by atoms with Crippen molar-refractivity contribution in [1.29, 1.82) is 0 Å². The summed E-state index contributed by atoms with van der Waals surface area (Å²) in [6.45, 7) is 0. The molecular formula is C14H10N2O3S. The minimum absolute atomic E-state index is 0.192. The molecule has 0 fully saturated rings.